The van der Waals surface area contributed by atoms with Crippen molar-refractivity contribution in [3.63, 3.8) is 0 Å². The molecule has 1 fully saturated rings. The van der Waals surface area contributed by atoms with Crippen LogP contribution in [0.1, 0.15) is 30.4 Å². The number of rotatable bonds is 5. The first-order chi connectivity index (χ1) is 10.3. The van der Waals surface area contributed by atoms with E-state index in [1.54, 1.807) is 0 Å². The van der Waals surface area contributed by atoms with E-state index >= 15 is 0 Å². The molecule has 0 spiro atoms. The molecule has 3 N–H and O–H groups in total. The number of nitrogens with two attached hydrogens (primary N) is 1. The van der Waals surface area contributed by atoms with Crippen LogP contribution in [0.5, 0.6) is 0 Å². The highest BCUT2D eigenvalue weighted by atomic mass is 16.5. The van der Waals surface area contributed by atoms with Gasteiger partial charge in [0, 0.05) is 6.54 Å². The Labute approximate surface area is 125 Å². The molecule has 2 atom stereocenters. The summed E-state index contributed by atoms with van der Waals surface area (Å²) in [4.78, 5) is 0. The molecule has 0 saturated carbocycles. The van der Waals surface area contributed by atoms with Crippen molar-refractivity contribution in [2.45, 2.75) is 44.5 Å². The summed E-state index contributed by atoms with van der Waals surface area (Å²) in [7, 11) is 0. The van der Waals surface area contributed by atoms with Crippen molar-refractivity contribution in [2.75, 3.05) is 6.54 Å². The lowest BCUT2D eigenvalue weighted by Gasteiger charge is -2.14. The van der Waals surface area contributed by atoms with Crippen LogP contribution in [0, 0.1) is 0 Å². The maximum absolute atomic E-state index is 9.45. The molecular formula is C18H23NO2. The van der Waals surface area contributed by atoms with Gasteiger partial charge in [0.1, 0.15) is 0 Å². The van der Waals surface area contributed by atoms with Gasteiger partial charge >= 0.3 is 0 Å². The third-order valence-electron chi connectivity index (χ3n) is 4.47. The minimum atomic E-state index is 0.0880. The second kappa shape index (κ2) is 6.56. The Hall–Kier alpha value is -1.42. The molecule has 0 radical (unpaired) electrons. The molecule has 0 aromatic heterocycles. The third-order valence-corrected chi connectivity index (χ3v) is 4.47. The number of aryl methyl sites for hydroxylation is 1. The largest absolute Gasteiger partial charge is 0.392 e. The van der Waals surface area contributed by atoms with E-state index in [9.17, 15) is 5.11 Å². The molecule has 0 bridgehead atoms. The molecule has 1 aliphatic rings. The Morgan fingerprint density at radius 1 is 1.00 bits per heavy atom. The third kappa shape index (κ3) is 3.10. The minimum absolute atomic E-state index is 0.0880. The fourth-order valence-corrected chi connectivity index (χ4v) is 3.26. The van der Waals surface area contributed by atoms with Crippen molar-refractivity contribution < 1.29 is 9.84 Å². The molecule has 0 aliphatic carbocycles. The Morgan fingerprint density at radius 3 is 2.33 bits per heavy atom. The Bertz CT molecular complexity index is 611. The van der Waals surface area contributed by atoms with Gasteiger partial charge in [0.25, 0.3) is 0 Å². The summed E-state index contributed by atoms with van der Waals surface area (Å²) in [6, 6.07) is 12.5. The monoisotopic (exact) mass is 285 g/mol. The maximum atomic E-state index is 9.45. The van der Waals surface area contributed by atoms with E-state index in [-0.39, 0.29) is 12.7 Å². The Morgan fingerprint density at radius 2 is 1.67 bits per heavy atom. The van der Waals surface area contributed by atoms with E-state index in [0.29, 0.717) is 12.6 Å². The van der Waals surface area contributed by atoms with Crippen molar-refractivity contribution in [1.29, 1.82) is 0 Å². The minimum Gasteiger partial charge on any atom is -0.392 e. The highest BCUT2D eigenvalue weighted by Gasteiger charge is 2.23. The van der Waals surface area contributed by atoms with Crippen LogP contribution in [-0.4, -0.2) is 23.9 Å². The molecule has 1 aliphatic heterocycles. The molecule has 2 unspecified atom stereocenters. The van der Waals surface area contributed by atoms with Crippen molar-refractivity contribution in [3.05, 3.63) is 47.5 Å². The van der Waals surface area contributed by atoms with E-state index < -0.39 is 0 Å². The number of aliphatic hydroxyl groups excluding tert-OH is 1. The molecule has 2 aromatic rings. The summed E-state index contributed by atoms with van der Waals surface area (Å²) < 4.78 is 5.92. The van der Waals surface area contributed by atoms with Crippen LogP contribution in [0.2, 0.25) is 0 Å². The second-order valence-corrected chi connectivity index (χ2v) is 5.82. The molecule has 21 heavy (non-hydrogen) atoms. The lowest BCUT2D eigenvalue weighted by Crippen LogP contribution is -2.20. The second-order valence-electron chi connectivity index (χ2n) is 5.82. The quantitative estimate of drug-likeness (QED) is 0.888. The number of benzene rings is 2. The maximum Gasteiger partial charge on any atom is 0.0702 e. The van der Waals surface area contributed by atoms with Gasteiger partial charge in [0.05, 0.1) is 18.8 Å². The van der Waals surface area contributed by atoms with Crippen molar-refractivity contribution in [2.24, 2.45) is 5.73 Å². The lowest BCUT2D eigenvalue weighted by molar-refractivity contribution is 0.0458. The summed E-state index contributed by atoms with van der Waals surface area (Å²) in [5.41, 5.74) is 7.99. The SMILES string of the molecule is NCC1CCC(CCc2ccc(CO)c3ccccc23)O1. The van der Waals surface area contributed by atoms with Crippen molar-refractivity contribution in [3.8, 4) is 0 Å². The number of ether oxygens (including phenoxy) is 1. The number of fused-ring (bicyclic) bond motifs is 1. The van der Waals surface area contributed by atoms with Crippen LogP contribution >= 0.6 is 0 Å². The first kappa shape index (κ1) is 14.5. The predicted molar refractivity (Wildman–Crippen MR) is 85.1 cm³/mol. The smallest absolute Gasteiger partial charge is 0.0702 e. The molecule has 112 valence electrons. The van der Waals surface area contributed by atoms with E-state index in [0.717, 1.165) is 36.6 Å². The van der Waals surface area contributed by atoms with Crippen LogP contribution in [0.25, 0.3) is 10.8 Å². The Kier molecular flexibility index (Phi) is 4.54. The first-order valence-corrected chi connectivity index (χ1v) is 7.77. The van der Waals surface area contributed by atoms with Gasteiger partial charge in [-0.2, -0.15) is 0 Å². The zero-order valence-electron chi connectivity index (χ0n) is 12.3. The predicted octanol–water partition coefficient (Wildman–Crippen LogP) is 2.77. The molecule has 3 rings (SSSR count). The molecule has 3 nitrogen and oxygen atoms in total. The molecule has 3 heteroatoms. The first-order valence-electron chi connectivity index (χ1n) is 7.77. The fourth-order valence-electron chi connectivity index (χ4n) is 3.26. The highest BCUT2D eigenvalue weighted by Crippen LogP contribution is 2.27. The lowest BCUT2D eigenvalue weighted by atomic mass is 9.96. The summed E-state index contributed by atoms with van der Waals surface area (Å²) in [5.74, 6) is 0. The topological polar surface area (TPSA) is 55.5 Å². The van der Waals surface area contributed by atoms with Crippen LogP contribution in [0.3, 0.4) is 0 Å². The Balaban J connectivity index is 1.76. The van der Waals surface area contributed by atoms with E-state index in [1.807, 2.05) is 12.1 Å². The van der Waals surface area contributed by atoms with Crippen LogP contribution < -0.4 is 5.73 Å². The van der Waals surface area contributed by atoms with Gasteiger partial charge in [-0.25, -0.2) is 0 Å². The molecule has 1 saturated heterocycles. The van der Waals surface area contributed by atoms with E-state index in [2.05, 4.69) is 24.3 Å². The zero-order valence-corrected chi connectivity index (χ0v) is 12.3. The van der Waals surface area contributed by atoms with Crippen molar-refractivity contribution >= 4 is 10.8 Å². The van der Waals surface area contributed by atoms with Gasteiger partial charge in [-0.15, -0.1) is 0 Å². The summed E-state index contributed by atoms with van der Waals surface area (Å²) in [5, 5.41) is 11.9. The van der Waals surface area contributed by atoms with E-state index in [4.69, 9.17) is 10.5 Å². The van der Waals surface area contributed by atoms with Gasteiger partial charge in [-0.05, 0) is 47.6 Å². The molecular weight excluding hydrogens is 262 g/mol. The van der Waals surface area contributed by atoms with Gasteiger partial charge in [0.15, 0.2) is 0 Å². The summed E-state index contributed by atoms with van der Waals surface area (Å²) in [6.07, 6.45) is 4.85. The van der Waals surface area contributed by atoms with Gasteiger partial charge in [-0.1, -0.05) is 36.4 Å². The normalized spacial score (nSPS) is 22.0. The number of hydrogen-bond acceptors (Lipinski definition) is 3. The van der Waals surface area contributed by atoms with E-state index in [1.165, 1.54) is 10.9 Å². The fraction of sp³-hybridized carbons (Fsp3) is 0.444. The zero-order chi connectivity index (χ0) is 14.7. The standard InChI is InChI=1S/C18H23NO2/c19-11-16-10-9-15(21-16)8-7-13-5-6-14(12-20)18-4-2-1-3-17(13)18/h1-6,15-16,20H,7-12,19H2. The van der Waals surface area contributed by atoms with Crippen molar-refractivity contribution in [1.82, 2.24) is 0 Å². The molecule has 1 heterocycles. The average molecular weight is 285 g/mol. The van der Waals surface area contributed by atoms with Gasteiger partial charge < -0.3 is 15.6 Å². The summed E-state index contributed by atoms with van der Waals surface area (Å²) >= 11 is 0. The molecule has 2 aromatic carbocycles. The average Bonchev–Trinajstić information content (AvgIpc) is 3.00. The highest BCUT2D eigenvalue weighted by molar-refractivity contribution is 5.88. The summed E-state index contributed by atoms with van der Waals surface area (Å²) in [6.45, 7) is 0.718. The van der Waals surface area contributed by atoms with Gasteiger partial charge in [0.2, 0.25) is 0 Å². The molecule has 0 amide bonds. The van der Waals surface area contributed by atoms with Gasteiger partial charge in [-0.3, -0.25) is 0 Å². The van der Waals surface area contributed by atoms with Crippen LogP contribution in [0.15, 0.2) is 36.4 Å². The number of aliphatic hydroxyl groups is 1. The number of hydrogen-bond donors (Lipinski definition) is 2. The van der Waals surface area contributed by atoms with Crippen LogP contribution in [0.4, 0.5) is 0 Å². The van der Waals surface area contributed by atoms with Crippen LogP contribution in [-0.2, 0) is 17.8 Å².